The number of thioether (sulfide) groups is 1. The minimum atomic E-state index is -0.297. The van der Waals surface area contributed by atoms with Gasteiger partial charge in [0.25, 0.3) is 11.1 Å². The molecule has 0 aromatic heterocycles. The Morgan fingerprint density at radius 1 is 1.16 bits per heavy atom. The molecular weight excluding hydrogens is 381 g/mol. The third-order valence-electron chi connectivity index (χ3n) is 3.55. The molecule has 1 heterocycles. The van der Waals surface area contributed by atoms with Gasteiger partial charge in [0.15, 0.2) is 0 Å². The molecule has 0 saturated carbocycles. The van der Waals surface area contributed by atoms with Crippen molar-refractivity contribution in [1.82, 2.24) is 4.90 Å². The molecule has 1 fully saturated rings. The Morgan fingerprint density at radius 2 is 1.96 bits per heavy atom. The third-order valence-corrected chi connectivity index (χ3v) is 5.10. The zero-order valence-corrected chi connectivity index (χ0v) is 15.5. The van der Waals surface area contributed by atoms with Gasteiger partial charge in [-0.05, 0) is 47.7 Å². The summed E-state index contributed by atoms with van der Waals surface area (Å²) in [6.07, 6.45) is 1.68. The highest BCUT2D eigenvalue weighted by Gasteiger charge is 2.31. The van der Waals surface area contributed by atoms with Crippen LogP contribution in [0, 0.1) is 0 Å². The number of benzene rings is 2. The Balaban J connectivity index is 1.74. The van der Waals surface area contributed by atoms with E-state index in [0.717, 1.165) is 27.8 Å². The second kappa shape index (κ2) is 7.52. The van der Waals surface area contributed by atoms with Crippen LogP contribution in [0.4, 0.5) is 4.79 Å². The Morgan fingerprint density at radius 3 is 2.64 bits per heavy atom. The quantitative estimate of drug-likeness (QED) is 0.666. The van der Waals surface area contributed by atoms with Gasteiger partial charge < -0.3 is 4.74 Å². The van der Waals surface area contributed by atoms with Gasteiger partial charge in [0.2, 0.25) is 0 Å². The summed E-state index contributed by atoms with van der Waals surface area (Å²) in [5.41, 5.74) is 1.60. The Hall–Kier alpha value is -1.95. The largest absolute Gasteiger partial charge is 0.489 e. The van der Waals surface area contributed by atoms with Gasteiger partial charge in [0, 0.05) is 22.7 Å². The van der Waals surface area contributed by atoms with Crippen molar-refractivity contribution in [1.29, 1.82) is 0 Å². The Kier molecular flexibility index (Phi) is 5.37. The van der Waals surface area contributed by atoms with Gasteiger partial charge in [0.1, 0.15) is 12.4 Å². The lowest BCUT2D eigenvalue weighted by Gasteiger charge is -2.09. The summed E-state index contributed by atoms with van der Waals surface area (Å²) in [6, 6.07) is 12.5. The van der Waals surface area contributed by atoms with E-state index >= 15 is 0 Å². The van der Waals surface area contributed by atoms with Crippen LogP contribution in [0.25, 0.3) is 6.08 Å². The van der Waals surface area contributed by atoms with Crippen LogP contribution in [0.15, 0.2) is 47.4 Å². The maximum Gasteiger partial charge on any atom is 0.293 e. The van der Waals surface area contributed by atoms with Crippen LogP contribution in [0.3, 0.4) is 0 Å². The molecule has 1 aliphatic rings. The number of carbonyl (C=O) groups excluding carboxylic acids is 2. The molecule has 3 rings (SSSR count). The zero-order chi connectivity index (χ0) is 18.0. The average molecular weight is 394 g/mol. The highest BCUT2D eigenvalue weighted by Crippen LogP contribution is 2.31. The predicted octanol–water partition coefficient (Wildman–Crippen LogP) is 5.24. The molecule has 1 aliphatic heterocycles. The molecule has 0 unspecified atom stereocenters. The maximum atomic E-state index is 11.9. The minimum Gasteiger partial charge on any atom is -0.489 e. The van der Waals surface area contributed by atoms with Crippen LogP contribution in [-0.2, 0) is 11.4 Å². The van der Waals surface area contributed by atoms with Crippen LogP contribution in [0.1, 0.15) is 11.1 Å². The van der Waals surface area contributed by atoms with Gasteiger partial charge in [0.05, 0.1) is 4.91 Å². The average Bonchev–Trinajstić information content (AvgIpc) is 2.81. The molecular formula is C18H13Cl2NO3S. The second-order valence-corrected chi connectivity index (χ2v) is 7.17. The first-order valence-corrected chi connectivity index (χ1v) is 8.89. The standard InChI is InChI=1S/C18H13Cl2NO3S/c1-21-17(22)16(25-18(21)23)8-11-3-2-4-14(7-11)24-10-12-5-6-13(19)9-15(12)20/h2-9H,10H2,1H3/b16-8+. The normalized spacial score (nSPS) is 16.0. The minimum absolute atomic E-state index is 0.277. The lowest BCUT2D eigenvalue weighted by molar-refractivity contribution is -0.121. The number of rotatable bonds is 4. The van der Waals surface area contributed by atoms with Crippen molar-refractivity contribution < 1.29 is 14.3 Å². The van der Waals surface area contributed by atoms with Crippen LogP contribution in [0.5, 0.6) is 5.75 Å². The van der Waals surface area contributed by atoms with Crippen molar-refractivity contribution in [3.8, 4) is 5.75 Å². The molecule has 25 heavy (non-hydrogen) atoms. The lowest BCUT2D eigenvalue weighted by atomic mass is 10.2. The van der Waals surface area contributed by atoms with Gasteiger partial charge in [-0.2, -0.15) is 0 Å². The molecule has 0 aliphatic carbocycles. The van der Waals surface area contributed by atoms with E-state index in [1.165, 1.54) is 7.05 Å². The van der Waals surface area contributed by atoms with Crippen molar-refractivity contribution in [2.75, 3.05) is 7.05 Å². The number of hydrogen-bond donors (Lipinski definition) is 0. The molecule has 128 valence electrons. The van der Waals surface area contributed by atoms with Gasteiger partial charge in [-0.1, -0.05) is 41.4 Å². The van der Waals surface area contributed by atoms with Gasteiger partial charge in [-0.15, -0.1) is 0 Å². The first-order chi connectivity index (χ1) is 11.9. The van der Waals surface area contributed by atoms with Crippen molar-refractivity contribution >= 4 is 52.2 Å². The Labute approximate surface area is 159 Å². The molecule has 0 bridgehead atoms. The lowest BCUT2D eigenvalue weighted by Crippen LogP contribution is -2.22. The summed E-state index contributed by atoms with van der Waals surface area (Å²) in [6.45, 7) is 0.297. The van der Waals surface area contributed by atoms with E-state index in [4.69, 9.17) is 27.9 Å². The first-order valence-electron chi connectivity index (χ1n) is 7.32. The molecule has 1 saturated heterocycles. The number of carbonyl (C=O) groups is 2. The summed E-state index contributed by atoms with van der Waals surface area (Å²) in [7, 11) is 1.47. The van der Waals surface area contributed by atoms with Crippen LogP contribution < -0.4 is 4.74 Å². The SMILES string of the molecule is CN1C(=O)S/C(=C/c2cccc(OCc3ccc(Cl)cc3Cl)c2)C1=O. The van der Waals surface area contributed by atoms with Gasteiger partial charge in [-0.25, -0.2) is 0 Å². The number of amides is 2. The summed E-state index contributed by atoms with van der Waals surface area (Å²) in [5, 5.41) is 0.835. The molecule has 2 aromatic carbocycles. The van der Waals surface area contributed by atoms with E-state index in [1.54, 1.807) is 24.3 Å². The van der Waals surface area contributed by atoms with E-state index in [0.29, 0.717) is 27.3 Å². The fraction of sp³-hybridized carbons (Fsp3) is 0.111. The summed E-state index contributed by atoms with van der Waals surface area (Å²) >= 11 is 12.9. The van der Waals surface area contributed by atoms with Crippen LogP contribution in [-0.4, -0.2) is 23.1 Å². The number of hydrogen-bond acceptors (Lipinski definition) is 4. The van der Waals surface area contributed by atoms with Gasteiger partial charge in [-0.3, -0.25) is 14.5 Å². The molecule has 0 atom stereocenters. The summed E-state index contributed by atoms with van der Waals surface area (Å²) in [5.74, 6) is 0.338. The Bertz CT molecular complexity index is 882. The zero-order valence-electron chi connectivity index (χ0n) is 13.2. The summed E-state index contributed by atoms with van der Waals surface area (Å²) < 4.78 is 5.76. The van der Waals surface area contributed by atoms with E-state index in [1.807, 2.05) is 24.3 Å². The fourth-order valence-corrected chi connectivity index (χ4v) is 3.48. The fourth-order valence-electron chi connectivity index (χ4n) is 2.19. The van der Waals surface area contributed by atoms with Crippen LogP contribution in [0.2, 0.25) is 10.0 Å². The second-order valence-electron chi connectivity index (χ2n) is 5.34. The topological polar surface area (TPSA) is 46.6 Å². The van der Waals surface area contributed by atoms with E-state index in [9.17, 15) is 9.59 Å². The smallest absolute Gasteiger partial charge is 0.293 e. The number of ether oxygens (including phenoxy) is 1. The highest BCUT2D eigenvalue weighted by atomic mass is 35.5. The number of nitrogens with zero attached hydrogens (tertiary/aromatic N) is 1. The van der Waals surface area contributed by atoms with Crippen molar-refractivity contribution in [2.24, 2.45) is 0 Å². The monoisotopic (exact) mass is 393 g/mol. The third kappa shape index (κ3) is 4.18. The van der Waals surface area contributed by atoms with Crippen LogP contribution >= 0.6 is 35.0 Å². The number of likely N-dealkylation sites (N-methyl/N-ethyl adjacent to an activating group) is 1. The van der Waals surface area contributed by atoms with E-state index in [-0.39, 0.29) is 11.1 Å². The molecule has 0 radical (unpaired) electrons. The molecule has 0 N–H and O–H groups in total. The maximum absolute atomic E-state index is 11.9. The van der Waals surface area contributed by atoms with Crippen molar-refractivity contribution in [2.45, 2.75) is 6.61 Å². The molecule has 2 aromatic rings. The first kappa shape index (κ1) is 17.9. The molecule has 0 spiro atoms. The number of halogens is 2. The predicted molar refractivity (Wildman–Crippen MR) is 101 cm³/mol. The highest BCUT2D eigenvalue weighted by molar-refractivity contribution is 8.18. The molecule has 7 heteroatoms. The van der Waals surface area contributed by atoms with Crippen molar-refractivity contribution in [3.63, 3.8) is 0 Å². The van der Waals surface area contributed by atoms with Crippen molar-refractivity contribution in [3.05, 3.63) is 68.5 Å². The number of imide groups is 1. The molecule has 2 amide bonds. The molecule has 4 nitrogen and oxygen atoms in total. The summed E-state index contributed by atoms with van der Waals surface area (Å²) in [4.78, 5) is 25.0. The van der Waals surface area contributed by atoms with E-state index in [2.05, 4.69) is 0 Å². The van der Waals surface area contributed by atoms with Gasteiger partial charge >= 0.3 is 0 Å². The van der Waals surface area contributed by atoms with E-state index < -0.39 is 0 Å².